The lowest BCUT2D eigenvalue weighted by atomic mass is 10.0. The Labute approximate surface area is 120 Å². The average molecular weight is 292 g/mol. The van der Waals surface area contributed by atoms with Crippen LogP contribution in [-0.2, 0) is 10.0 Å². The molecule has 0 fully saturated rings. The van der Waals surface area contributed by atoms with Crippen LogP contribution in [0.1, 0.15) is 53.9 Å². The van der Waals surface area contributed by atoms with Gasteiger partial charge in [0.05, 0.1) is 5.75 Å². The Kier molecular flexibility index (Phi) is 9.66. The highest BCUT2D eigenvalue weighted by Crippen LogP contribution is 2.13. The first-order valence-electron chi connectivity index (χ1n) is 7.58. The molecule has 4 nitrogen and oxygen atoms in total. The van der Waals surface area contributed by atoms with Crippen LogP contribution in [0.2, 0.25) is 0 Å². The van der Waals surface area contributed by atoms with Crippen LogP contribution in [0.3, 0.4) is 0 Å². The molecule has 0 aromatic carbocycles. The molecule has 1 N–H and O–H groups in total. The fourth-order valence-electron chi connectivity index (χ4n) is 2.05. The summed E-state index contributed by atoms with van der Waals surface area (Å²) in [7, 11) is -3.09. The Morgan fingerprint density at radius 2 is 1.68 bits per heavy atom. The zero-order chi connectivity index (χ0) is 14.9. The molecule has 0 saturated carbocycles. The molecule has 0 saturated heterocycles. The topological polar surface area (TPSA) is 49.4 Å². The first-order valence-corrected chi connectivity index (χ1v) is 9.19. The van der Waals surface area contributed by atoms with Gasteiger partial charge in [-0.15, -0.1) is 0 Å². The van der Waals surface area contributed by atoms with E-state index in [-0.39, 0.29) is 5.75 Å². The summed E-state index contributed by atoms with van der Waals surface area (Å²) in [4.78, 5) is 0. The standard InChI is InChI=1S/C14H32N2O2S/c1-6-14(7-2)12-16(8-3)19(17,18)11-9-10-15-13(4)5/h13-15H,6-12H2,1-5H3. The van der Waals surface area contributed by atoms with E-state index in [1.165, 1.54) is 0 Å². The molecule has 0 unspecified atom stereocenters. The SMILES string of the molecule is CCC(CC)CN(CC)S(=O)(=O)CCCNC(C)C. The Hall–Kier alpha value is -0.130. The number of rotatable bonds is 11. The molecule has 0 rings (SSSR count). The van der Waals surface area contributed by atoms with Crippen molar-refractivity contribution in [2.45, 2.75) is 59.9 Å². The minimum Gasteiger partial charge on any atom is -0.314 e. The summed E-state index contributed by atoms with van der Waals surface area (Å²) in [6, 6.07) is 0.412. The van der Waals surface area contributed by atoms with E-state index in [2.05, 4.69) is 33.0 Å². The van der Waals surface area contributed by atoms with Crippen molar-refractivity contribution in [1.82, 2.24) is 9.62 Å². The van der Waals surface area contributed by atoms with Gasteiger partial charge >= 0.3 is 0 Å². The Balaban J connectivity index is 4.32. The summed E-state index contributed by atoms with van der Waals surface area (Å²) >= 11 is 0. The first kappa shape index (κ1) is 18.9. The summed E-state index contributed by atoms with van der Waals surface area (Å²) in [5.74, 6) is 0.726. The van der Waals surface area contributed by atoms with E-state index < -0.39 is 10.0 Å². The lowest BCUT2D eigenvalue weighted by Gasteiger charge is -2.25. The molecule has 0 amide bonds. The quantitative estimate of drug-likeness (QED) is 0.595. The Bertz CT molecular complexity index is 311. The molecule has 0 bridgehead atoms. The molecule has 0 aliphatic heterocycles. The Morgan fingerprint density at radius 3 is 2.11 bits per heavy atom. The molecule has 0 aliphatic rings. The van der Waals surface area contributed by atoms with E-state index >= 15 is 0 Å². The van der Waals surface area contributed by atoms with Gasteiger partial charge < -0.3 is 5.32 Å². The van der Waals surface area contributed by atoms with Crippen LogP contribution < -0.4 is 5.32 Å². The number of hydrogen-bond donors (Lipinski definition) is 1. The van der Waals surface area contributed by atoms with Crippen molar-refractivity contribution in [2.75, 3.05) is 25.4 Å². The normalized spacial score (nSPS) is 12.8. The second-order valence-corrected chi connectivity index (χ2v) is 7.50. The lowest BCUT2D eigenvalue weighted by Crippen LogP contribution is -2.37. The molecular weight excluding hydrogens is 260 g/mol. The maximum Gasteiger partial charge on any atom is 0.214 e. The maximum absolute atomic E-state index is 12.3. The highest BCUT2D eigenvalue weighted by Gasteiger charge is 2.22. The Morgan fingerprint density at radius 1 is 1.11 bits per heavy atom. The van der Waals surface area contributed by atoms with E-state index in [1.54, 1.807) is 4.31 Å². The zero-order valence-electron chi connectivity index (χ0n) is 13.3. The third-order valence-electron chi connectivity index (χ3n) is 3.49. The molecule has 0 aromatic rings. The summed E-state index contributed by atoms with van der Waals surface area (Å²) in [6.45, 7) is 12.3. The predicted molar refractivity (Wildman–Crippen MR) is 82.9 cm³/mol. The summed E-state index contributed by atoms with van der Waals surface area (Å²) in [5, 5.41) is 3.26. The highest BCUT2D eigenvalue weighted by atomic mass is 32.2. The van der Waals surface area contributed by atoms with E-state index in [0.717, 1.165) is 19.4 Å². The van der Waals surface area contributed by atoms with Crippen LogP contribution in [0, 0.1) is 5.92 Å². The van der Waals surface area contributed by atoms with Gasteiger partial charge in [0.15, 0.2) is 0 Å². The van der Waals surface area contributed by atoms with Crippen LogP contribution in [0.5, 0.6) is 0 Å². The molecule has 0 radical (unpaired) electrons. The average Bonchev–Trinajstić information content (AvgIpc) is 2.35. The fraction of sp³-hybridized carbons (Fsp3) is 1.00. The molecule has 0 atom stereocenters. The van der Waals surface area contributed by atoms with Gasteiger partial charge in [-0.1, -0.05) is 47.5 Å². The summed E-state index contributed by atoms with van der Waals surface area (Å²) in [6.07, 6.45) is 2.76. The molecule has 5 heteroatoms. The molecule has 0 aromatic heterocycles. The monoisotopic (exact) mass is 292 g/mol. The second kappa shape index (κ2) is 9.72. The number of nitrogens with zero attached hydrogens (tertiary/aromatic N) is 1. The van der Waals surface area contributed by atoms with Crippen molar-refractivity contribution in [1.29, 1.82) is 0 Å². The van der Waals surface area contributed by atoms with Crippen molar-refractivity contribution in [2.24, 2.45) is 5.92 Å². The predicted octanol–water partition coefficient (Wildman–Crippen LogP) is 2.46. The summed E-state index contributed by atoms with van der Waals surface area (Å²) in [5.41, 5.74) is 0. The zero-order valence-corrected chi connectivity index (χ0v) is 14.1. The second-order valence-electron chi connectivity index (χ2n) is 5.41. The maximum atomic E-state index is 12.3. The van der Waals surface area contributed by atoms with Crippen molar-refractivity contribution in [3.63, 3.8) is 0 Å². The third-order valence-corrected chi connectivity index (χ3v) is 5.49. The molecule has 0 aliphatic carbocycles. The fourth-order valence-corrected chi connectivity index (χ4v) is 3.65. The van der Waals surface area contributed by atoms with Gasteiger partial charge in [0.2, 0.25) is 10.0 Å². The van der Waals surface area contributed by atoms with Crippen LogP contribution in [-0.4, -0.2) is 44.2 Å². The van der Waals surface area contributed by atoms with Gasteiger partial charge in [0, 0.05) is 19.1 Å². The van der Waals surface area contributed by atoms with Crippen LogP contribution >= 0.6 is 0 Å². The molecule has 0 heterocycles. The number of hydrogen-bond acceptors (Lipinski definition) is 3. The molecule has 19 heavy (non-hydrogen) atoms. The van der Waals surface area contributed by atoms with E-state index in [1.807, 2.05) is 6.92 Å². The van der Waals surface area contributed by atoms with Crippen LogP contribution in [0.15, 0.2) is 0 Å². The van der Waals surface area contributed by atoms with Gasteiger partial charge in [0.1, 0.15) is 0 Å². The van der Waals surface area contributed by atoms with E-state index in [0.29, 0.717) is 31.5 Å². The van der Waals surface area contributed by atoms with Crippen molar-refractivity contribution < 1.29 is 8.42 Å². The third kappa shape index (κ3) is 7.90. The van der Waals surface area contributed by atoms with Crippen molar-refractivity contribution in [3.8, 4) is 0 Å². The molecule has 0 spiro atoms. The van der Waals surface area contributed by atoms with Crippen molar-refractivity contribution >= 4 is 10.0 Å². The minimum absolute atomic E-state index is 0.251. The van der Waals surface area contributed by atoms with Gasteiger partial charge in [0.25, 0.3) is 0 Å². The van der Waals surface area contributed by atoms with E-state index in [9.17, 15) is 8.42 Å². The lowest BCUT2D eigenvalue weighted by molar-refractivity contribution is 0.338. The summed E-state index contributed by atoms with van der Waals surface area (Å²) < 4.78 is 26.2. The molecule has 116 valence electrons. The van der Waals surface area contributed by atoms with Gasteiger partial charge in [-0.25, -0.2) is 12.7 Å². The van der Waals surface area contributed by atoms with Gasteiger partial charge in [-0.2, -0.15) is 0 Å². The number of nitrogens with one attached hydrogen (secondary N) is 1. The first-order chi connectivity index (χ1) is 8.87. The van der Waals surface area contributed by atoms with Crippen LogP contribution in [0.4, 0.5) is 0 Å². The highest BCUT2D eigenvalue weighted by molar-refractivity contribution is 7.89. The minimum atomic E-state index is -3.09. The largest absolute Gasteiger partial charge is 0.314 e. The van der Waals surface area contributed by atoms with Gasteiger partial charge in [-0.05, 0) is 18.9 Å². The van der Waals surface area contributed by atoms with Crippen LogP contribution in [0.25, 0.3) is 0 Å². The van der Waals surface area contributed by atoms with E-state index in [4.69, 9.17) is 0 Å². The number of sulfonamides is 1. The molecular formula is C14H32N2O2S. The smallest absolute Gasteiger partial charge is 0.214 e. The van der Waals surface area contributed by atoms with Gasteiger partial charge in [-0.3, -0.25) is 0 Å². The van der Waals surface area contributed by atoms with Crippen molar-refractivity contribution in [3.05, 3.63) is 0 Å².